The first-order chi connectivity index (χ1) is 12.2. The van der Waals surface area contributed by atoms with Crippen molar-refractivity contribution in [2.45, 2.75) is 12.5 Å². The number of aromatic amines is 1. The van der Waals surface area contributed by atoms with Gasteiger partial charge in [-0.2, -0.15) is 0 Å². The van der Waals surface area contributed by atoms with Crippen LogP contribution >= 0.6 is 0 Å². The molecular formula is C17H16N6O2. The molecule has 0 spiro atoms. The number of hydrogen-bond acceptors (Lipinski definition) is 5. The van der Waals surface area contributed by atoms with Gasteiger partial charge in [0, 0.05) is 41.4 Å². The minimum atomic E-state index is -0.284. The molecule has 1 aliphatic rings. The van der Waals surface area contributed by atoms with E-state index in [1.807, 2.05) is 0 Å². The van der Waals surface area contributed by atoms with Gasteiger partial charge in [0.1, 0.15) is 5.69 Å². The molecule has 2 aromatic heterocycles. The second-order valence-electron chi connectivity index (χ2n) is 5.89. The number of nitrogens with zero attached hydrogens (tertiary/aromatic N) is 2. The average molecular weight is 336 g/mol. The van der Waals surface area contributed by atoms with E-state index in [0.29, 0.717) is 30.0 Å². The van der Waals surface area contributed by atoms with Crippen molar-refractivity contribution < 1.29 is 9.59 Å². The number of rotatable bonds is 3. The molecule has 4 rings (SSSR count). The Morgan fingerprint density at radius 1 is 1.36 bits per heavy atom. The third-order valence-corrected chi connectivity index (χ3v) is 4.27. The Balaban J connectivity index is 1.70. The lowest BCUT2D eigenvalue weighted by atomic mass is 9.97. The monoisotopic (exact) mass is 336 g/mol. The van der Waals surface area contributed by atoms with Crippen molar-refractivity contribution in [2.75, 3.05) is 11.9 Å². The van der Waals surface area contributed by atoms with Gasteiger partial charge in [0.2, 0.25) is 0 Å². The van der Waals surface area contributed by atoms with Gasteiger partial charge >= 0.3 is 0 Å². The van der Waals surface area contributed by atoms with Gasteiger partial charge in [0.25, 0.3) is 11.8 Å². The van der Waals surface area contributed by atoms with E-state index in [9.17, 15) is 9.59 Å². The van der Waals surface area contributed by atoms with E-state index in [2.05, 4.69) is 25.6 Å². The molecule has 0 saturated heterocycles. The Bertz CT molecular complexity index is 966. The lowest BCUT2D eigenvalue weighted by molar-refractivity contribution is 0.0922. The van der Waals surface area contributed by atoms with Gasteiger partial charge in [0.15, 0.2) is 5.82 Å². The molecule has 8 heteroatoms. The van der Waals surface area contributed by atoms with Crippen molar-refractivity contribution in [3.05, 3.63) is 53.6 Å². The van der Waals surface area contributed by atoms with E-state index in [1.165, 1.54) is 18.6 Å². The zero-order valence-corrected chi connectivity index (χ0v) is 13.2. The summed E-state index contributed by atoms with van der Waals surface area (Å²) in [6.07, 6.45) is 5.15. The van der Waals surface area contributed by atoms with Crippen LogP contribution < -0.4 is 16.4 Å². The molecule has 0 radical (unpaired) electrons. The molecule has 3 aromatic rings. The second kappa shape index (κ2) is 5.99. The zero-order chi connectivity index (χ0) is 17.4. The van der Waals surface area contributed by atoms with Crippen molar-refractivity contribution in [1.82, 2.24) is 20.3 Å². The Labute approximate surface area is 142 Å². The van der Waals surface area contributed by atoms with Gasteiger partial charge in [-0.15, -0.1) is 0 Å². The van der Waals surface area contributed by atoms with Gasteiger partial charge in [0.05, 0.1) is 6.20 Å². The summed E-state index contributed by atoms with van der Waals surface area (Å²) < 4.78 is 0. The van der Waals surface area contributed by atoms with E-state index >= 15 is 0 Å². The van der Waals surface area contributed by atoms with E-state index in [-0.39, 0.29) is 17.9 Å². The zero-order valence-electron chi connectivity index (χ0n) is 13.2. The predicted octanol–water partition coefficient (Wildman–Crippen LogP) is 0.823. The molecule has 1 atom stereocenters. The Morgan fingerprint density at radius 3 is 3.00 bits per heavy atom. The summed E-state index contributed by atoms with van der Waals surface area (Å²) in [6.45, 7) is 0.366. The van der Waals surface area contributed by atoms with Crippen LogP contribution in [0.5, 0.6) is 0 Å². The van der Waals surface area contributed by atoms with Crippen LogP contribution in [0.15, 0.2) is 36.8 Å². The van der Waals surface area contributed by atoms with Crippen LogP contribution in [0.3, 0.4) is 0 Å². The van der Waals surface area contributed by atoms with E-state index in [1.54, 1.807) is 18.2 Å². The number of carbonyl (C=O) groups is 2. The fourth-order valence-electron chi connectivity index (χ4n) is 3.04. The van der Waals surface area contributed by atoms with Crippen LogP contribution in [0.1, 0.15) is 26.4 Å². The molecule has 5 N–H and O–H groups in total. The first-order valence-corrected chi connectivity index (χ1v) is 7.88. The maximum Gasteiger partial charge on any atom is 0.268 e. The largest absolute Gasteiger partial charge is 0.350 e. The summed E-state index contributed by atoms with van der Waals surface area (Å²) in [5, 5.41) is 6.42. The minimum Gasteiger partial charge on any atom is -0.350 e. The normalized spacial score (nSPS) is 16.4. The topological polar surface area (TPSA) is 126 Å². The fraction of sp³-hybridized carbons (Fsp3) is 0.176. The summed E-state index contributed by atoms with van der Waals surface area (Å²) >= 11 is 0. The molecular weight excluding hydrogens is 320 g/mol. The lowest BCUT2D eigenvalue weighted by Gasteiger charge is -2.22. The van der Waals surface area contributed by atoms with Gasteiger partial charge < -0.3 is 21.4 Å². The molecule has 0 aliphatic carbocycles. The Kier molecular flexibility index (Phi) is 3.66. The molecule has 1 unspecified atom stereocenters. The summed E-state index contributed by atoms with van der Waals surface area (Å²) in [4.78, 5) is 35.7. The van der Waals surface area contributed by atoms with Crippen molar-refractivity contribution >= 4 is 28.5 Å². The molecule has 8 nitrogen and oxygen atoms in total. The van der Waals surface area contributed by atoms with E-state index in [0.717, 1.165) is 16.5 Å². The summed E-state index contributed by atoms with van der Waals surface area (Å²) in [5.74, 6) is -0.0716. The first kappa shape index (κ1) is 15.3. The van der Waals surface area contributed by atoms with Gasteiger partial charge in [-0.25, -0.2) is 4.98 Å². The highest BCUT2D eigenvalue weighted by Crippen LogP contribution is 2.27. The molecule has 2 amide bonds. The van der Waals surface area contributed by atoms with Crippen LogP contribution in [0, 0.1) is 0 Å². The van der Waals surface area contributed by atoms with Gasteiger partial charge in [-0.3, -0.25) is 14.6 Å². The maximum atomic E-state index is 12.4. The summed E-state index contributed by atoms with van der Waals surface area (Å²) in [5.41, 5.74) is 8.42. The lowest BCUT2D eigenvalue weighted by Crippen LogP contribution is -2.45. The number of nitrogens with one attached hydrogen (secondary N) is 3. The number of H-pyrrole nitrogens is 1. The third-order valence-electron chi connectivity index (χ3n) is 4.27. The van der Waals surface area contributed by atoms with Crippen LogP contribution in [-0.2, 0) is 6.42 Å². The van der Waals surface area contributed by atoms with Gasteiger partial charge in [-0.1, -0.05) is 0 Å². The molecule has 0 fully saturated rings. The average Bonchev–Trinajstić information content (AvgIpc) is 3.01. The number of benzene rings is 1. The number of aromatic nitrogens is 3. The van der Waals surface area contributed by atoms with Crippen molar-refractivity contribution in [1.29, 1.82) is 0 Å². The second-order valence-corrected chi connectivity index (χ2v) is 5.89. The Hall–Kier alpha value is -3.26. The van der Waals surface area contributed by atoms with Crippen LogP contribution in [-0.4, -0.2) is 39.4 Å². The molecule has 126 valence electrons. The standard InChI is InChI=1S/C17H16N6O2/c18-7-10-6-12-11-5-9(16(24)23-14-8-19-3-4-20-14)1-2-13(11)22-15(12)17(25)21-10/h1-5,8,10,22H,6-7,18H2,(H,21,25)(H,20,23,24). The smallest absolute Gasteiger partial charge is 0.268 e. The Morgan fingerprint density at radius 2 is 2.24 bits per heavy atom. The minimum absolute atomic E-state index is 0.101. The van der Waals surface area contributed by atoms with E-state index in [4.69, 9.17) is 5.73 Å². The third kappa shape index (κ3) is 2.72. The van der Waals surface area contributed by atoms with Crippen molar-refractivity contribution in [2.24, 2.45) is 5.73 Å². The number of fused-ring (bicyclic) bond motifs is 3. The molecule has 1 aliphatic heterocycles. The highest BCUT2D eigenvalue weighted by molar-refractivity contribution is 6.08. The highest BCUT2D eigenvalue weighted by atomic mass is 16.2. The fourth-order valence-corrected chi connectivity index (χ4v) is 3.04. The number of nitrogens with two attached hydrogens (primary N) is 1. The molecule has 25 heavy (non-hydrogen) atoms. The molecule has 3 heterocycles. The maximum absolute atomic E-state index is 12.4. The summed E-state index contributed by atoms with van der Waals surface area (Å²) in [6, 6.07) is 5.18. The van der Waals surface area contributed by atoms with Crippen LogP contribution in [0.4, 0.5) is 5.82 Å². The van der Waals surface area contributed by atoms with Gasteiger partial charge in [-0.05, 0) is 30.2 Å². The van der Waals surface area contributed by atoms with Crippen molar-refractivity contribution in [3.8, 4) is 0 Å². The number of hydrogen-bond donors (Lipinski definition) is 4. The van der Waals surface area contributed by atoms with Crippen LogP contribution in [0.2, 0.25) is 0 Å². The van der Waals surface area contributed by atoms with Crippen molar-refractivity contribution in [3.63, 3.8) is 0 Å². The number of carbonyl (C=O) groups excluding carboxylic acids is 2. The number of anilines is 1. The quantitative estimate of drug-likeness (QED) is 0.563. The van der Waals surface area contributed by atoms with Crippen LogP contribution in [0.25, 0.3) is 10.9 Å². The molecule has 1 aromatic carbocycles. The highest BCUT2D eigenvalue weighted by Gasteiger charge is 2.27. The number of amides is 2. The van der Waals surface area contributed by atoms with E-state index < -0.39 is 0 Å². The predicted molar refractivity (Wildman–Crippen MR) is 92.3 cm³/mol. The summed E-state index contributed by atoms with van der Waals surface area (Å²) in [7, 11) is 0. The first-order valence-electron chi connectivity index (χ1n) is 7.88. The molecule has 0 bridgehead atoms. The SMILES string of the molecule is NCC1Cc2c([nH]c3ccc(C(=O)Nc4cnccn4)cc23)C(=O)N1. The molecule has 0 saturated carbocycles.